The molecule has 0 spiro atoms. The maximum atomic E-state index is 11.7. The van der Waals surface area contributed by atoms with Gasteiger partial charge in [0.15, 0.2) is 23.0 Å². The molecule has 4 N–H and O–H groups in total. The van der Waals surface area contributed by atoms with Crippen molar-refractivity contribution in [3.8, 4) is 23.0 Å². The smallest absolute Gasteiger partial charge is 0.325 e. The summed E-state index contributed by atoms with van der Waals surface area (Å²) in [5.41, 5.74) is 5.33. The van der Waals surface area contributed by atoms with Crippen molar-refractivity contribution in [2.75, 3.05) is 19.6 Å². The number of phenolic OH excluding ortho intramolecular Hbond substituents is 1. The molecule has 0 atom stereocenters. The van der Waals surface area contributed by atoms with Crippen molar-refractivity contribution in [3.05, 3.63) is 48.5 Å². The van der Waals surface area contributed by atoms with Gasteiger partial charge in [0.05, 0.1) is 6.54 Å². The molecule has 0 aliphatic carbocycles. The number of esters is 1. The maximum Gasteiger partial charge on any atom is 0.325 e. The van der Waals surface area contributed by atoms with Crippen LogP contribution in [0.25, 0.3) is 0 Å². The Morgan fingerprint density at radius 2 is 1.68 bits per heavy atom. The van der Waals surface area contributed by atoms with Crippen molar-refractivity contribution in [3.63, 3.8) is 0 Å². The Kier molecular flexibility index (Phi) is 5.76. The topological polar surface area (TPSA) is 93.8 Å². The van der Waals surface area contributed by atoms with E-state index in [1.54, 1.807) is 42.5 Å². The lowest BCUT2D eigenvalue weighted by atomic mass is 10.3. The molecule has 0 aliphatic heterocycles. The van der Waals surface area contributed by atoms with Crippen molar-refractivity contribution in [1.29, 1.82) is 0 Å². The monoisotopic (exact) mass is 302 g/mol. The van der Waals surface area contributed by atoms with Gasteiger partial charge in [0, 0.05) is 13.1 Å². The number of aromatic hydroxyl groups is 1. The Labute approximate surface area is 128 Å². The van der Waals surface area contributed by atoms with Crippen LogP contribution in [0.3, 0.4) is 0 Å². The van der Waals surface area contributed by atoms with E-state index >= 15 is 0 Å². The molecule has 2 aromatic carbocycles. The largest absolute Gasteiger partial charge is 0.504 e. The highest BCUT2D eigenvalue weighted by Gasteiger charge is 2.11. The highest BCUT2D eigenvalue weighted by atomic mass is 16.6. The molecule has 0 amide bonds. The third-order valence-corrected chi connectivity index (χ3v) is 2.75. The predicted molar refractivity (Wildman–Crippen MR) is 82.2 cm³/mol. The summed E-state index contributed by atoms with van der Waals surface area (Å²) in [5.74, 6) is 0.476. The van der Waals surface area contributed by atoms with Crippen molar-refractivity contribution in [2.24, 2.45) is 5.73 Å². The summed E-state index contributed by atoms with van der Waals surface area (Å²) in [6.07, 6.45) is 0. The summed E-state index contributed by atoms with van der Waals surface area (Å²) in [6, 6.07) is 13.3. The minimum Gasteiger partial charge on any atom is -0.504 e. The lowest BCUT2D eigenvalue weighted by Crippen LogP contribution is -2.30. The first-order chi connectivity index (χ1) is 10.7. The number of nitrogens with one attached hydrogen (secondary N) is 1. The number of para-hydroxylation sites is 4. The van der Waals surface area contributed by atoms with Crippen LogP contribution in [-0.4, -0.2) is 30.7 Å². The lowest BCUT2D eigenvalue weighted by Gasteiger charge is -2.12. The van der Waals surface area contributed by atoms with Gasteiger partial charge in [-0.2, -0.15) is 0 Å². The fraction of sp³-hybridized carbons (Fsp3) is 0.188. The summed E-state index contributed by atoms with van der Waals surface area (Å²) in [6.45, 7) is 1.04. The van der Waals surface area contributed by atoms with Gasteiger partial charge in [-0.3, -0.25) is 4.79 Å². The summed E-state index contributed by atoms with van der Waals surface area (Å²) in [4.78, 5) is 11.7. The van der Waals surface area contributed by atoms with Gasteiger partial charge in [-0.05, 0) is 24.3 Å². The summed E-state index contributed by atoms with van der Waals surface area (Å²) in [7, 11) is 0. The molecule has 0 saturated heterocycles. The second-order valence-electron chi connectivity index (χ2n) is 4.46. The van der Waals surface area contributed by atoms with E-state index in [-0.39, 0.29) is 23.8 Å². The molecule has 0 saturated carbocycles. The zero-order chi connectivity index (χ0) is 15.8. The highest BCUT2D eigenvalue weighted by Crippen LogP contribution is 2.35. The number of carbonyl (C=O) groups excluding carboxylic acids is 1. The first-order valence-corrected chi connectivity index (χ1v) is 6.87. The van der Waals surface area contributed by atoms with E-state index in [2.05, 4.69) is 5.32 Å². The molecular weight excluding hydrogens is 284 g/mol. The molecule has 2 aromatic rings. The highest BCUT2D eigenvalue weighted by molar-refractivity contribution is 5.75. The van der Waals surface area contributed by atoms with Gasteiger partial charge in [0.25, 0.3) is 0 Å². The van der Waals surface area contributed by atoms with Crippen molar-refractivity contribution in [2.45, 2.75) is 0 Å². The van der Waals surface area contributed by atoms with Gasteiger partial charge in [0.1, 0.15) is 0 Å². The van der Waals surface area contributed by atoms with E-state index in [9.17, 15) is 9.90 Å². The molecular formula is C16H18N2O4. The van der Waals surface area contributed by atoms with Gasteiger partial charge < -0.3 is 25.6 Å². The molecule has 0 unspecified atom stereocenters. The summed E-state index contributed by atoms with van der Waals surface area (Å²) in [5, 5.41) is 12.6. The molecule has 0 heterocycles. The molecule has 116 valence electrons. The number of nitrogens with two attached hydrogens (primary N) is 1. The van der Waals surface area contributed by atoms with Crippen molar-refractivity contribution in [1.82, 2.24) is 5.32 Å². The standard InChI is InChI=1S/C16H18N2O4/c17-9-10-18-11-16(20)22-15-8-4-3-7-14(15)21-13-6-2-1-5-12(13)19/h1-8,18-19H,9-11,17H2. The van der Waals surface area contributed by atoms with Crippen molar-refractivity contribution >= 4 is 5.97 Å². The molecule has 6 heteroatoms. The van der Waals surface area contributed by atoms with E-state index in [1.807, 2.05) is 0 Å². The Morgan fingerprint density at radius 1 is 1.05 bits per heavy atom. The van der Waals surface area contributed by atoms with Crippen LogP contribution in [0.5, 0.6) is 23.0 Å². The van der Waals surface area contributed by atoms with E-state index in [1.165, 1.54) is 6.07 Å². The number of benzene rings is 2. The molecule has 0 aromatic heterocycles. The molecule has 6 nitrogen and oxygen atoms in total. The van der Waals surface area contributed by atoms with E-state index < -0.39 is 5.97 Å². The number of phenols is 1. The van der Waals surface area contributed by atoms with E-state index in [0.29, 0.717) is 18.8 Å². The number of rotatable bonds is 7. The molecule has 0 aliphatic rings. The number of carbonyl (C=O) groups is 1. The Hall–Kier alpha value is -2.57. The van der Waals surface area contributed by atoms with Crippen LogP contribution in [0.2, 0.25) is 0 Å². The first kappa shape index (κ1) is 15.8. The van der Waals surface area contributed by atoms with Crippen LogP contribution in [0.4, 0.5) is 0 Å². The van der Waals surface area contributed by atoms with Gasteiger partial charge in [-0.15, -0.1) is 0 Å². The zero-order valence-corrected chi connectivity index (χ0v) is 12.0. The number of hydrogen-bond acceptors (Lipinski definition) is 6. The summed E-state index contributed by atoms with van der Waals surface area (Å²) < 4.78 is 10.9. The second-order valence-corrected chi connectivity index (χ2v) is 4.46. The molecule has 22 heavy (non-hydrogen) atoms. The van der Waals surface area contributed by atoms with Gasteiger partial charge >= 0.3 is 5.97 Å². The van der Waals surface area contributed by atoms with E-state index in [0.717, 1.165) is 0 Å². The van der Waals surface area contributed by atoms with Crippen LogP contribution in [0, 0.1) is 0 Å². The van der Waals surface area contributed by atoms with Crippen LogP contribution in [0.15, 0.2) is 48.5 Å². The number of ether oxygens (including phenoxy) is 2. The lowest BCUT2D eigenvalue weighted by molar-refractivity contribution is -0.133. The van der Waals surface area contributed by atoms with Gasteiger partial charge in [0.2, 0.25) is 0 Å². The first-order valence-electron chi connectivity index (χ1n) is 6.87. The molecule has 0 radical (unpaired) electrons. The SMILES string of the molecule is NCCNCC(=O)Oc1ccccc1Oc1ccccc1O. The molecule has 2 rings (SSSR count). The van der Waals surface area contributed by atoms with Crippen LogP contribution in [0.1, 0.15) is 0 Å². The summed E-state index contributed by atoms with van der Waals surface area (Å²) >= 11 is 0. The quantitative estimate of drug-likeness (QED) is 0.409. The van der Waals surface area contributed by atoms with Gasteiger partial charge in [-0.1, -0.05) is 24.3 Å². The fourth-order valence-electron chi connectivity index (χ4n) is 1.73. The Balaban J connectivity index is 2.07. The molecule has 0 bridgehead atoms. The Morgan fingerprint density at radius 3 is 2.36 bits per heavy atom. The van der Waals surface area contributed by atoms with Crippen LogP contribution in [-0.2, 0) is 4.79 Å². The average Bonchev–Trinajstić information content (AvgIpc) is 2.52. The normalized spacial score (nSPS) is 10.2. The maximum absolute atomic E-state index is 11.7. The molecule has 0 fully saturated rings. The van der Waals surface area contributed by atoms with Crippen LogP contribution >= 0.6 is 0 Å². The number of hydrogen-bond donors (Lipinski definition) is 3. The minimum absolute atomic E-state index is 0.00763. The second kappa shape index (κ2) is 8.02. The van der Waals surface area contributed by atoms with Crippen molar-refractivity contribution < 1.29 is 19.4 Å². The van der Waals surface area contributed by atoms with Gasteiger partial charge in [-0.25, -0.2) is 0 Å². The third-order valence-electron chi connectivity index (χ3n) is 2.75. The zero-order valence-electron chi connectivity index (χ0n) is 12.0. The fourth-order valence-corrected chi connectivity index (χ4v) is 1.73. The average molecular weight is 302 g/mol. The van der Waals surface area contributed by atoms with E-state index in [4.69, 9.17) is 15.2 Å². The van der Waals surface area contributed by atoms with Crippen LogP contribution < -0.4 is 20.5 Å². The Bertz CT molecular complexity index is 631. The minimum atomic E-state index is -0.443. The predicted octanol–water partition coefficient (Wildman–Crippen LogP) is 1.64. The third kappa shape index (κ3) is 4.47.